The van der Waals surface area contributed by atoms with Gasteiger partial charge in [-0.1, -0.05) is 23.7 Å². The van der Waals surface area contributed by atoms with Gasteiger partial charge in [0.15, 0.2) is 0 Å². The normalized spacial score (nSPS) is 12.9. The third kappa shape index (κ3) is 2.44. The van der Waals surface area contributed by atoms with E-state index in [1.807, 2.05) is 19.1 Å². The first-order chi connectivity index (χ1) is 6.16. The molecule has 1 aromatic carbocycles. The van der Waals surface area contributed by atoms with Gasteiger partial charge in [0.05, 0.1) is 6.10 Å². The van der Waals surface area contributed by atoms with E-state index < -0.39 is 6.10 Å². The fraction of sp³-hybridized carbons (Fsp3) is 0.400. The first-order valence-electron chi connectivity index (χ1n) is 4.30. The number of nitrogens with two attached hydrogens (primary N) is 1. The summed E-state index contributed by atoms with van der Waals surface area (Å²) in [5, 5.41) is 10.3. The van der Waals surface area contributed by atoms with Crippen molar-refractivity contribution in [3.63, 3.8) is 0 Å². The quantitative estimate of drug-likeness (QED) is 0.783. The molecular weight excluding hydrogens is 186 g/mol. The molecule has 0 unspecified atom stereocenters. The van der Waals surface area contributed by atoms with E-state index in [2.05, 4.69) is 0 Å². The smallest absolute Gasteiger partial charge is 0.0819 e. The lowest BCUT2D eigenvalue weighted by Crippen LogP contribution is -2.08. The lowest BCUT2D eigenvalue weighted by molar-refractivity contribution is 0.169. The zero-order valence-electron chi connectivity index (χ0n) is 7.63. The van der Waals surface area contributed by atoms with Gasteiger partial charge < -0.3 is 10.8 Å². The number of aliphatic hydroxyl groups is 1. The zero-order valence-corrected chi connectivity index (χ0v) is 8.38. The molecule has 72 valence electrons. The van der Waals surface area contributed by atoms with Crippen LogP contribution in [0.2, 0.25) is 5.02 Å². The Bertz CT molecular complexity index is 268. The van der Waals surface area contributed by atoms with Crippen molar-refractivity contribution in [3.05, 3.63) is 34.3 Å². The van der Waals surface area contributed by atoms with Crippen LogP contribution in [0.4, 0.5) is 0 Å². The molecule has 2 nitrogen and oxygen atoms in total. The van der Waals surface area contributed by atoms with Crippen molar-refractivity contribution in [2.75, 3.05) is 6.54 Å². The third-order valence-electron chi connectivity index (χ3n) is 2.04. The summed E-state index contributed by atoms with van der Waals surface area (Å²) in [5.41, 5.74) is 7.17. The fourth-order valence-corrected chi connectivity index (χ4v) is 1.72. The Labute approximate surface area is 83.3 Å². The first-order valence-corrected chi connectivity index (χ1v) is 4.67. The summed E-state index contributed by atoms with van der Waals surface area (Å²) < 4.78 is 0. The van der Waals surface area contributed by atoms with Crippen molar-refractivity contribution < 1.29 is 5.11 Å². The molecule has 3 heteroatoms. The number of hydrogen-bond donors (Lipinski definition) is 2. The van der Waals surface area contributed by atoms with E-state index in [0.29, 0.717) is 18.0 Å². The van der Waals surface area contributed by atoms with Gasteiger partial charge in [-0.25, -0.2) is 0 Å². The lowest BCUT2D eigenvalue weighted by Gasteiger charge is -2.14. The monoisotopic (exact) mass is 199 g/mol. The first kappa shape index (κ1) is 10.5. The number of aliphatic hydroxyl groups excluding tert-OH is 1. The maximum absolute atomic E-state index is 9.72. The Morgan fingerprint density at radius 1 is 1.54 bits per heavy atom. The van der Waals surface area contributed by atoms with E-state index >= 15 is 0 Å². The van der Waals surface area contributed by atoms with Crippen LogP contribution in [-0.2, 0) is 0 Å². The third-order valence-corrected chi connectivity index (χ3v) is 2.37. The summed E-state index contributed by atoms with van der Waals surface area (Å²) in [4.78, 5) is 0. The van der Waals surface area contributed by atoms with Crippen LogP contribution in [0, 0.1) is 6.92 Å². The van der Waals surface area contributed by atoms with Gasteiger partial charge in [-0.15, -0.1) is 0 Å². The minimum Gasteiger partial charge on any atom is -0.388 e. The van der Waals surface area contributed by atoms with E-state index in [0.717, 1.165) is 11.1 Å². The molecule has 0 saturated carbocycles. The highest BCUT2D eigenvalue weighted by Crippen LogP contribution is 2.27. The molecule has 0 spiro atoms. The predicted molar refractivity (Wildman–Crippen MR) is 54.8 cm³/mol. The van der Waals surface area contributed by atoms with E-state index in [9.17, 15) is 5.11 Å². The number of benzene rings is 1. The minimum atomic E-state index is -0.543. The van der Waals surface area contributed by atoms with Crippen molar-refractivity contribution in [2.45, 2.75) is 19.4 Å². The second kappa shape index (κ2) is 4.61. The summed E-state index contributed by atoms with van der Waals surface area (Å²) >= 11 is 5.96. The molecule has 1 atom stereocenters. The van der Waals surface area contributed by atoms with Gasteiger partial charge >= 0.3 is 0 Å². The van der Waals surface area contributed by atoms with Gasteiger partial charge in [0.1, 0.15) is 0 Å². The summed E-state index contributed by atoms with van der Waals surface area (Å²) in [6, 6.07) is 5.58. The molecule has 0 fully saturated rings. The van der Waals surface area contributed by atoms with Crippen molar-refractivity contribution in [1.29, 1.82) is 0 Å². The topological polar surface area (TPSA) is 46.2 Å². The molecule has 1 rings (SSSR count). The molecule has 0 amide bonds. The maximum Gasteiger partial charge on any atom is 0.0819 e. The van der Waals surface area contributed by atoms with Crippen LogP contribution in [0.25, 0.3) is 0 Å². The largest absolute Gasteiger partial charge is 0.388 e. The van der Waals surface area contributed by atoms with Crippen LogP contribution >= 0.6 is 11.6 Å². The Balaban J connectivity index is 2.98. The average Bonchev–Trinajstić information content (AvgIpc) is 2.04. The number of hydrogen-bond acceptors (Lipinski definition) is 2. The summed E-state index contributed by atoms with van der Waals surface area (Å²) in [7, 11) is 0. The highest BCUT2D eigenvalue weighted by Gasteiger charge is 2.12. The van der Waals surface area contributed by atoms with E-state index in [1.165, 1.54) is 0 Å². The molecule has 0 bridgehead atoms. The van der Waals surface area contributed by atoms with Gasteiger partial charge in [0, 0.05) is 10.6 Å². The highest BCUT2D eigenvalue weighted by molar-refractivity contribution is 6.31. The molecule has 0 aliphatic rings. The van der Waals surface area contributed by atoms with Gasteiger partial charge in [-0.05, 0) is 31.5 Å². The molecule has 0 saturated heterocycles. The second-order valence-corrected chi connectivity index (χ2v) is 3.47. The minimum absolute atomic E-state index is 0.464. The zero-order chi connectivity index (χ0) is 9.84. The van der Waals surface area contributed by atoms with Gasteiger partial charge in [-0.2, -0.15) is 0 Å². The van der Waals surface area contributed by atoms with Crippen molar-refractivity contribution >= 4 is 11.6 Å². The molecule has 13 heavy (non-hydrogen) atoms. The second-order valence-electron chi connectivity index (χ2n) is 3.06. The summed E-state index contributed by atoms with van der Waals surface area (Å²) in [6.07, 6.45) is 0.00333. The Morgan fingerprint density at radius 2 is 2.23 bits per heavy atom. The molecule has 0 aromatic heterocycles. The predicted octanol–water partition coefficient (Wildman–Crippen LogP) is 2.03. The van der Waals surface area contributed by atoms with Crippen molar-refractivity contribution in [1.82, 2.24) is 0 Å². The Hall–Kier alpha value is -0.570. The van der Waals surface area contributed by atoms with E-state index in [1.54, 1.807) is 6.07 Å². The van der Waals surface area contributed by atoms with Crippen LogP contribution in [0.3, 0.4) is 0 Å². The SMILES string of the molecule is Cc1cccc(Cl)c1[C@H](O)CCN. The highest BCUT2D eigenvalue weighted by atomic mass is 35.5. The summed E-state index contributed by atoms with van der Waals surface area (Å²) in [6.45, 7) is 2.40. The molecule has 3 N–H and O–H groups in total. The fourth-order valence-electron chi connectivity index (χ4n) is 1.37. The van der Waals surface area contributed by atoms with Gasteiger partial charge in [-0.3, -0.25) is 0 Å². The van der Waals surface area contributed by atoms with Gasteiger partial charge in [0.25, 0.3) is 0 Å². The molecule has 0 aliphatic heterocycles. The number of halogens is 1. The molecular formula is C10H14ClNO. The van der Waals surface area contributed by atoms with Crippen LogP contribution in [0.15, 0.2) is 18.2 Å². The molecule has 0 aliphatic carbocycles. The standard InChI is InChI=1S/C10H14ClNO/c1-7-3-2-4-8(11)10(7)9(13)5-6-12/h2-4,9,13H,5-6,12H2,1H3/t9-/m1/s1. The average molecular weight is 200 g/mol. The van der Waals surface area contributed by atoms with E-state index in [-0.39, 0.29) is 0 Å². The van der Waals surface area contributed by atoms with E-state index in [4.69, 9.17) is 17.3 Å². The number of aryl methyl sites for hydroxylation is 1. The Kier molecular flexibility index (Phi) is 3.72. The van der Waals surface area contributed by atoms with Crippen LogP contribution in [-0.4, -0.2) is 11.7 Å². The van der Waals surface area contributed by atoms with Crippen LogP contribution in [0.1, 0.15) is 23.7 Å². The lowest BCUT2D eigenvalue weighted by atomic mass is 10.0. The van der Waals surface area contributed by atoms with Crippen LogP contribution in [0.5, 0.6) is 0 Å². The molecule has 0 heterocycles. The van der Waals surface area contributed by atoms with Crippen LogP contribution < -0.4 is 5.73 Å². The van der Waals surface area contributed by atoms with Crippen molar-refractivity contribution in [2.24, 2.45) is 5.73 Å². The maximum atomic E-state index is 9.72. The Morgan fingerprint density at radius 3 is 2.77 bits per heavy atom. The molecule has 1 aromatic rings. The summed E-state index contributed by atoms with van der Waals surface area (Å²) in [5.74, 6) is 0. The van der Waals surface area contributed by atoms with Crippen molar-refractivity contribution in [3.8, 4) is 0 Å². The van der Waals surface area contributed by atoms with Gasteiger partial charge in [0.2, 0.25) is 0 Å². The number of rotatable bonds is 3. The molecule has 0 radical (unpaired) electrons.